The molecule has 2 aliphatic rings. The number of aromatic nitrogens is 6. The molecule has 0 radical (unpaired) electrons. The second kappa shape index (κ2) is 11.1. The Hall–Kier alpha value is -3.25. The van der Waals surface area contributed by atoms with Crippen LogP contribution in [0.3, 0.4) is 0 Å². The summed E-state index contributed by atoms with van der Waals surface area (Å²) in [6.45, 7) is 13.6. The zero-order valence-corrected chi connectivity index (χ0v) is 24.8. The monoisotopic (exact) mass is 584 g/mol. The smallest absolute Gasteiger partial charge is 0.376 e. The molecule has 226 valence electrons. The third kappa shape index (κ3) is 5.12. The highest BCUT2D eigenvalue weighted by Gasteiger charge is 2.39. The van der Waals surface area contributed by atoms with Gasteiger partial charge in [0.1, 0.15) is 17.7 Å². The van der Waals surface area contributed by atoms with Gasteiger partial charge in [-0.1, -0.05) is 32.9 Å². The molecule has 6 rings (SSSR count). The fourth-order valence-corrected chi connectivity index (χ4v) is 6.85. The Balaban J connectivity index is 1.36. The molecule has 0 bridgehead atoms. The normalized spacial score (nSPS) is 23.1. The Morgan fingerprint density at radius 1 is 1.10 bits per heavy atom. The zero-order chi connectivity index (χ0) is 29.8. The second-order valence-electron chi connectivity index (χ2n) is 12.1. The summed E-state index contributed by atoms with van der Waals surface area (Å²) < 4.78 is 49.9. The number of hydrogen-bond acceptors (Lipinski definition) is 7. The van der Waals surface area contributed by atoms with Gasteiger partial charge in [0.25, 0.3) is 5.78 Å². The van der Waals surface area contributed by atoms with Gasteiger partial charge in [0.15, 0.2) is 11.5 Å². The molecule has 0 saturated carbocycles. The van der Waals surface area contributed by atoms with E-state index in [1.54, 1.807) is 18.5 Å². The number of nitrogens with zero attached hydrogens (tertiary/aromatic N) is 8. The van der Waals surface area contributed by atoms with Crippen LogP contribution in [-0.4, -0.2) is 71.9 Å². The van der Waals surface area contributed by atoms with Gasteiger partial charge in [-0.25, -0.2) is 9.38 Å². The predicted octanol–water partition coefficient (Wildman–Crippen LogP) is 5.67. The highest BCUT2D eigenvalue weighted by Crippen LogP contribution is 2.38. The average molecular weight is 585 g/mol. The van der Waals surface area contributed by atoms with Crippen LogP contribution in [0.1, 0.15) is 70.0 Å². The molecule has 0 aliphatic carbocycles. The fourth-order valence-electron chi connectivity index (χ4n) is 6.85. The lowest BCUT2D eigenvalue weighted by Gasteiger charge is -2.50. The van der Waals surface area contributed by atoms with Crippen molar-refractivity contribution in [2.24, 2.45) is 5.92 Å². The van der Waals surface area contributed by atoms with Crippen molar-refractivity contribution in [3.8, 4) is 0 Å². The highest BCUT2D eigenvalue weighted by atomic mass is 19.4. The lowest BCUT2D eigenvalue weighted by molar-refractivity contribution is -0.137. The zero-order valence-electron chi connectivity index (χ0n) is 24.8. The number of benzene rings is 1. The summed E-state index contributed by atoms with van der Waals surface area (Å²) in [5, 5.41) is 8.47. The fraction of sp³-hybridized carbons (Fsp3) is 0.600. The van der Waals surface area contributed by atoms with Gasteiger partial charge in [-0.05, 0) is 56.7 Å². The van der Waals surface area contributed by atoms with Crippen LogP contribution in [0.25, 0.3) is 16.9 Å². The summed E-state index contributed by atoms with van der Waals surface area (Å²) in [6, 6.07) is 5.92. The van der Waals surface area contributed by atoms with Crippen molar-refractivity contribution in [3.63, 3.8) is 0 Å². The topological polar surface area (TPSA) is 76.6 Å². The third-order valence-electron chi connectivity index (χ3n) is 8.91. The molecule has 0 N–H and O–H groups in total. The molecule has 4 atom stereocenters. The third-order valence-corrected chi connectivity index (χ3v) is 8.91. The molecule has 2 fully saturated rings. The Morgan fingerprint density at radius 3 is 2.50 bits per heavy atom. The molecule has 1 unspecified atom stereocenters. The molecule has 2 saturated heterocycles. The van der Waals surface area contributed by atoms with Crippen LogP contribution >= 0.6 is 0 Å². The van der Waals surface area contributed by atoms with Gasteiger partial charge >= 0.3 is 6.18 Å². The van der Waals surface area contributed by atoms with Crippen LogP contribution in [0.2, 0.25) is 0 Å². The largest absolute Gasteiger partial charge is 0.416 e. The second-order valence-corrected chi connectivity index (χ2v) is 12.1. The Labute approximate surface area is 243 Å². The SMILES string of the molecule is CC[C@@H]1CN(c2nc3nncn3c3c2nc(C)n3C[C@@H]2CCCO2)[C@@H](C)CN1C(c1ccc(C(F)(F)F)cc1)C(C)C. The van der Waals surface area contributed by atoms with Gasteiger partial charge in [0, 0.05) is 37.8 Å². The molecule has 12 heteroatoms. The Bertz CT molecular complexity index is 1540. The first-order chi connectivity index (χ1) is 20.1. The lowest BCUT2D eigenvalue weighted by Crippen LogP contribution is -2.59. The molecule has 3 aromatic heterocycles. The summed E-state index contributed by atoms with van der Waals surface area (Å²) in [7, 11) is 0. The van der Waals surface area contributed by atoms with Crippen LogP contribution < -0.4 is 4.90 Å². The molecule has 2 aliphatic heterocycles. The molecule has 5 heterocycles. The van der Waals surface area contributed by atoms with Crippen molar-refractivity contribution in [2.75, 3.05) is 24.6 Å². The van der Waals surface area contributed by atoms with Gasteiger partial charge < -0.3 is 14.2 Å². The summed E-state index contributed by atoms with van der Waals surface area (Å²) in [5.41, 5.74) is 2.02. The number of fused-ring (bicyclic) bond motifs is 3. The minimum atomic E-state index is -4.35. The van der Waals surface area contributed by atoms with E-state index < -0.39 is 11.7 Å². The molecule has 0 amide bonds. The Morgan fingerprint density at radius 2 is 1.86 bits per heavy atom. The predicted molar refractivity (Wildman–Crippen MR) is 154 cm³/mol. The standard InChI is InChI=1S/C30H39F3N8O/c1-6-23-15-38(19(4)14-40(23)26(18(2)3)21-9-11-22(12-10-21)30(31,32)33)27-25-28(41-17-34-37-29(41)36-27)39(20(5)35-25)16-24-8-7-13-42-24/h9-12,17-19,23-24,26H,6-8,13-16H2,1-5H3/t19-,23+,24-,26?/m0/s1. The van der Waals surface area contributed by atoms with Crippen LogP contribution in [0.4, 0.5) is 19.0 Å². The molecule has 42 heavy (non-hydrogen) atoms. The lowest BCUT2D eigenvalue weighted by atomic mass is 9.90. The number of piperazine rings is 1. The summed E-state index contributed by atoms with van der Waals surface area (Å²) >= 11 is 0. The number of halogens is 3. The minimum absolute atomic E-state index is 0.0124. The maximum atomic E-state index is 13.3. The summed E-state index contributed by atoms with van der Waals surface area (Å²) in [4.78, 5) is 14.8. The van der Waals surface area contributed by atoms with E-state index in [4.69, 9.17) is 14.7 Å². The van der Waals surface area contributed by atoms with Crippen LogP contribution in [-0.2, 0) is 17.5 Å². The number of ether oxygens (including phenoxy) is 1. The van der Waals surface area contributed by atoms with Gasteiger partial charge in [0.2, 0.25) is 0 Å². The van der Waals surface area contributed by atoms with Crippen LogP contribution in [0.5, 0.6) is 0 Å². The first-order valence-electron chi connectivity index (χ1n) is 14.9. The molecule has 0 spiro atoms. The van der Waals surface area contributed by atoms with Crippen molar-refractivity contribution in [3.05, 3.63) is 47.5 Å². The number of alkyl halides is 3. The number of aryl methyl sites for hydroxylation is 1. The molecule has 9 nitrogen and oxygen atoms in total. The molecular formula is C30H39F3N8O. The van der Waals surface area contributed by atoms with Gasteiger partial charge in [0.05, 0.1) is 18.2 Å². The maximum absolute atomic E-state index is 13.3. The van der Waals surface area contributed by atoms with Gasteiger partial charge in [-0.15, -0.1) is 10.2 Å². The van der Waals surface area contributed by atoms with Crippen LogP contribution in [0.15, 0.2) is 30.6 Å². The van der Waals surface area contributed by atoms with Crippen LogP contribution in [0, 0.1) is 12.8 Å². The van der Waals surface area contributed by atoms with E-state index in [9.17, 15) is 13.2 Å². The summed E-state index contributed by atoms with van der Waals surface area (Å²) in [5.74, 6) is 2.42. The van der Waals surface area contributed by atoms with Gasteiger partial charge in [-0.2, -0.15) is 18.2 Å². The highest BCUT2D eigenvalue weighted by molar-refractivity contribution is 5.87. The van der Waals surface area contributed by atoms with E-state index in [1.165, 1.54) is 12.1 Å². The van der Waals surface area contributed by atoms with Gasteiger partial charge in [-0.3, -0.25) is 4.90 Å². The van der Waals surface area contributed by atoms with Crippen molar-refractivity contribution >= 4 is 22.8 Å². The van der Waals surface area contributed by atoms with E-state index in [2.05, 4.69) is 52.3 Å². The van der Waals surface area contributed by atoms with E-state index >= 15 is 0 Å². The Kier molecular flexibility index (Phi) is 7.63. The maximum Gasteiger partial charge on any atom is 0.416 e. The van der Waals surface area contributed by atoms with E-state index in [0.29, 0.717) is 18.9 Å². The molecule has 1 aromatic carbocycles. The van der Waals surface area contributed by atoms with Crippen molar-refractivity contribution in [1.29, 1.82) is 0 Å². The molecule has 4 aromatic rings. The first kappa shape index (κ1) is 28.9. The number of imidazole rings is 1. The minimum Gasteiger partial charge on any atom is -0.376 e. The van der Waals surface area contributed by atoms with E-state index in [1.807, 2.05) is 11.3 Å². The summed E-state index contributed by atoms with van der Waals surface area (Å²) in [6.07, 6.45) is 0.460. The first-order valence-corrected chi connectivity index (χ1v) is 14.9. The number of hydrogen-bond donors (Lipinski definition) is 0. The number of rotatable bonds is 7. The van der Waals surface area contributed by atoms with Crippen molar-refractivity contribution < 1.29 is 17.9 Å². The quantitative estimate of drug-likeness (QED) is 0.277. The van der Waals surface area contributed by atoms with Crippen molar-refractivity contribution in [2.45, 2.75) is 90.8 Å². The average Bonchev–Trinajstić information content (AvgIpc) is 3.69. The van der Waals surface area contributed by atoms with E-state index in [0.717, 1.165) is 60.8 Å². The number of anilines is 1. The van der Waals surface area contributed by atoms with Crippen molar-refractivity contribution in [1.82, 2.24) is 34.0 Å². The molecular weight excluding hydrogens is 545 g/mol. The van der Waals surface area contributed by atoms with E-state index in [-0.39, 0.29) is 30.1 Å².